The molecule has 19 heavy (non-hydrogen) atoms. The zero-order valence-electron chi connectivity index (χ0n) is 11.3. The standard InChI is InChI=1S/C15H19FO3/c1-14(2)9-15(5-6-18-14)8-12(17)11-4-3-10(16)7-13(11)19-15/h3-4,7,12,17H,5-6,8-9H2,1-2H3/t12-,15?/m0/s1. The largest absolute Gasteiger partial charge is 0.486 e. The van der Waals surface area contributed by atoms with Gasteiger partial charge in [0, 0.05) is 30.9 Å². The average molecular weight is 266 g/mol. The number of rotatable bonds is 0. The van der Waals surface area contributed by atoms with Crippen LogP contribution in [0.5, 0.6) is 5.75 Å². The van der Waals surface area contributed by atoms with Crippen LogP contribution in [-0.4, -0.2) is 22.9 Å². The summed E-state index contributed by atoms with van der Waals surface area (Å²) in [7, 11) is 0. The number of aliphatic hydroxyl groups excluding tert-OH is 1. The molecule has 1 aromatic carbocycles. The molecule has 3 rings (SSSR count). The molecule has 2 aliphatic rings. The van der Waals surface area contributed by atoms with E-state index >= 15 is 0 Å². The van der Waals surface area contributed by atoms with Crippen molar-refractivity contribution in [3.8, 4) is 5.75 Å². The summed E-state index contributed by atoms with van der Waals surface area (Å²) in [6, 6.07) is 4.33. The van der Waals surface area contributed by atoms with E-state index in [1.165, 1.54) is 12.1 Å². The molecule has 1 aromatic rings. The number of ether oxygens (including phenoxy) is 2. The van der Waals surface area contributed by atoms with Gasteiger partial charge in [0.15, 0.2) is 0 Å². The van der Waals surface area contributed by atoms with Crippen LogP contribution in [0.1, 0.15) is 44.8 Å². The third-order valence-corrected chi connectivity index (χ3v) is 4.02. The molecule has 2 aliphatic heterocycles. The van der Waals surface area contributed by atoms with Crippen LogP contribution in [0, 0.1) is 5.82 Å². The van der Waals surface area contributed by atoms with E-state index in [-0.39, 0.29) is 11.4 Å². The summed E-state index contributed by atoms with van der Waals surface area (Å²) in [5, 5.41) is 10.3. The summed E-state index contributed by atoms with van der Waals surface area (Å²) >= 11 is 0. The summed E-state index contributed by atoms with van der Waals surface area (Å²) in [5.74, 6) is 0.130. The second kappa shape index (κ2) is 4.18. The van der Waals surface area contributed by atoms with E-state index in [1.807, 2.05) is 13.8 Å². The van der Waals surface area contributed by atoms with E-state index in [0.717, 1.165) is 6.42 Å². The lowest BCUT2D eigenvalue weighted by Crippen LogP contribution is -2.51. The van der Waals surface area contributed by atoms with Gasteiger partial charge >= 0.3 is 0 Å². The minimum atomic E-state index is -0.599. The van der Waals surface area contributed by atoms with Gasteiger partial charge in [-0.1, -0.05) is 0 Å². The molecule has 3 nitrogen and oxygen atoms in total. The highest BCUT2D eigenvalue weighted by molar-refractivity contribution is 5.38. The first-order chi connectivity index (χ1) is 8.89. The van der Waals surface area contributed by atoms with E-state index < -0.39 is 11.7 Å². The monoisotopic (exact) mass is 266 g/mol. The molecule has 1 fully saturated rings. The van der Waals surface area contributed by atoms with Gasteiger partial charge in [0.2, 0.25) is 0 Å². The SMILES string of the molecule is CC1(C)CC2(CCO1)C[C@H](O)c1ccc(F)cc1O2. The summed E-state index contributed by atoms with van der Waals surface area (Å²) in [4.78, 5) is 0. The van der Waals surface area contributed by atoms with Crippen molar-refractivity contribution >= 4 is 0 Å². The predicted molar refractivity (Wildman–Crippen MR) is 68.6 cm³/mol. The smallest absolute Gasteiger partial charge is 0.128 e. The zero-order chi connectivity index (χ0) is 13.7. The molecule has 1 saturated heterocycles. The first-order valence-electron chi connectivity index (χ1n) is 6.70. The molecular weight excluding hydrogens is 247 g/mol. The highest BCUT2D eigenvalue weighted by Gasteiger charge is 2.47. The Balaban J connectivity index is 1.95. The van der Waals surface area contributed by atoms with Crippen molar-refractivity contribution in [2.45, 2.75) is 50.4 Å². The molecule has 1 unspecified atom stereocenters. The molecule has 2 heterocycles. The number of hydrogen-bond acceptors (Lipinski definition) is 3. The molecule has 0 bridgehead atoms. The Morgan fingerprint density at radius 1 is 1.37 bits per heavy atom. The van der Waals surface area contributed by atoms with Crippen molar-refractivity contribution in [1.82, 2.24) is 0 Å². The zero-order valence-corrected chi connectivity index (χ0v) is 11.3. The third-order valence-electron chi connectivity index (χ3n) is 4.02. The predicted octanol–water partition coefficient (Wildman–Crippen LogP) is 2.97. The maximum Gasteiger partial charge on any atom is 0.128 e. The van der Waals surface area contributed by atoms with Crippen LogP contribution in [0.15, 0.2) is 18.2 Å². The van der Waals surface area contributed by atoms with Crippen molar-refractivity contribution in [3.63, 3.8) is 0 Å². The quantitative estimate of drug-likeness (QED) is 0.784. The molecular formula is C15H19FO3. The topological polar surface area (TPSA) is 38.7 Å². The summed E-state index contributed by atoms with van der Waals surface area (Å²) in [5.41, 5.74) is -0.0404. The lowest BCUT2D eigenvalue weighted by atomic mass is 9.77. The number of fused-ring (bicyclic) bond motifs is 1. The molecule has 104 valence electrons. The van der Waals surface area contributed by atoms with Crippen molar-refractivity contribution in [3.05, 3.63) is 29.6 Å². The first-order valence-corrected chi connectivity index (χ1v) is 6.70. The minimum Gasteiger partial charge on any atom is -0.486 e. The molecule has 4 heteroatoms. The normalized spacial score (nSPS) is 32.7. The van der Waals surface area contributed by atoms with Gasteiger partial charge in [-0.15, -0.1) is 0 Å². The van der Waals surface area contributed by atoms with Gasteiger partial charge in [-0.25, -0.2) is 4.39 Å². The lowest BCUT2D eigenvalue weighted by molar-refractivity contribution is -0.151. The van der Waals surface area contributed by atoms with Crippen LogP contribution in [0.3, 0.4) is 0 Å². The van der Waals surface area contributed by atoms with Crippen LogP contribution >= 0.6 is 0 Å². The number of aliphatic hydroxyl groups is 1. The van der Waals surface area contributed by atoms with Gasteiger partial charge in [0.1, 0.15) is 17.2 Å². The van der Waals surface area contributed by atoms with Crippen LogP contribution < -0.4 is 4.74 Å². The van der Waals surface area contributed by atoms with Gasteiger partial charge in [0.25, 0.3) is 0 Å². The van der Waals surface area contributed by atoms with Gasteiger partial charge in [-0.05, 0) is 26.0 Å². The Morgan fingerprint density at radius 2 is 2.16 bits per heavy atom. The molecule has 0 amide bonds. The van der Waals surface area contributed by atoms with E-state index in [0.29, 0.717) is 30.8 Å². The molecule has 0 radical (unpaired) electrons. The van der Waals surface area contributed by atoms with Crippen molar-refractivity contribution in [2.24, 2.45) is 0 Å². The Bertz CT molecular complexity index is 500. The Morgan fingerprint density at radius 3 is 2.89 bits per heavy atom. The van der Waals surface area contributed by atoms with Gasteiger partial charge in [-0.3, -0.25) is 0 Å². The Hall–Kier alpha value is -1.13. The van der Waals surface area contributed by atoms with Gasteiger partial charge in [-0.2, -0.15) is 0 Å². The summed E-state index contributed by atoms with van der Waals surface area (Å²) < 4.78 is 25.1. The fraction of sp³-hybridized carbons (Fsp3) is 0.600. The van der Waals surface area contributed by atoms with Crippen LogP contribution in [0.25, 0.3) is 0 Å². The van der Waals surface area contributed by atoms with Crippen molar-refractivity contribution < 1.29 is 19.0 Å². The lowest BCUT2D eigenvalue weighted by Gasteiger charge is -2.48. The first kappa shape index (κ1) is 12.9. The fourth-order valence-corrected chi connectivity index (χ4v) is 3.30. The number of halogens is 1. The third kappa shape index (κ3) is 2.35. The van der Waals surface area contributed by atoms with Crippen molar-refractivity contribution in [1.29, 1.82) is 0 Å². The molecule has 2 atom stereocenters. The van der Waals surface area contributed by atoms with Gasteiger partial charge in [0.05, 0.1) is 18.3 Å². The highest BCUT2D eigenvalue weighted by atomic mass is 19.1. The van der Waals surface area contributed by atoms with E-state index in [4.69, 9.17) is 9.47 Å². The number of benzene rings is 1. The van der Waals surface area contributed by atoms with E-state index in [2.05, 4.69) is 0 Å². The average Bonchev–Trinajstić information content (AvgIpc) is 2.25. The second-order valence-corrected chi connectivity index (χ2v) is 6.22. The molecule has 0 saturated carbocycles. The van der Waals surface area contributed by atoms with E-state index in [9.17, 15) is 9.50 Å². The highest BCUT2D eigenvalue weighted by Crippen LogP contribution is 2.47. The molecule has 0 aliphatic carbocycles. The fourth-order valence-electron chi connectivity index (χ4n) is 3.30. The number of hydrogen-bond donors (Lipinski definition) is 1. The Labute approximate surface area is 112 Å². The van der Waals surface area contributed by atoms with E-state index in [1.54, 1.807) is 6.07 Å². The van der Waals surface area contributed by atoms with Crippen LogP contribution in [-0.2, 0) is 4.74 Å². The molecule has 1 spiro atoms. The van der Waals surface area contributed by atoms with Crippen LogP contribution in [0.2, 0.25) is 0 Å². The summed E-state index contributed by atoms with van der Waals surface area (Å²) in [6.45, 7) is 4.64. The maximum absolute atomic E-state index is 13.3. The Kier molecular flexibility index (Phi) is 2.84. The minimum absolute atomic E-state index is 0.275. The van der Waals surface area contributed by atoms with Crippen LogP contribution in [0.4, 0.5) is 4.39 Å². The van der Waals surface area contributed by atoms with Crippen molar-refractivity contribution in [2.75, 3.05) is 6.61 Å². The second-order valence-electron chi connectivity index (χ2n) is 6.22. The molecule has 0 aromatic heterocycles. The molecule has 1 N–H and O–H groups in total. The maximum atomic E-state index is 13.3. The summed E-state index contributed by atoms with van der Waals surface area (Å²) in [6.07, 6.45) is 1.37. The van der Waals surface area contributed by atoms with Gasteiger partial charge < -0.3 is 14.6 Å².